The molecule has 3 aromatic rings. The molecule has 2 unspecified atom stereocenters. The Kier molecular flexibility index (Phi) is 5.13. The van der Waals surface area contributed by atoms with Crippen molar-refractivity contribution < 1.29 is 13.2 Å². The fraction of sp³-hybridized carbons (Fsp3) is 0.333. The van der Waals surface area contributed by atoms with Crippen molar-refractivity contribution in [3.05, 3.63) is 95.1 Å². The Labute approximate surface area is 181 Å². The quantitative estimate of drug-likeness (QED) is 0.434. The molecule has 31 heavy (non-hydrogen) atoms. The number of piperidine rings is 1. The number of nitrogens with zero attached hydrogens (tertiary/aromatic N) is 1. The van der Waals surface area contributed by atoms with Crippen LogP contribution in [0.25, 0.3) is 11.1 Å². The molecule has 5 rings (SSSR count). The molecule has 0 spiro atoms. The number of fused-ring (bicyclic) bond motifs is 5. The van der Waals surface area contributed by atoms with Gasteiger partial charge in [0, 0.05) is 12.6 Å². The molecule has 1 heterocycles. The lowest BCUT2D eigenvalue weighted by Gasteiger charge is -2.38. The summed E-state index contributed by atoms with van der Waals surface area (Å²) in [5.74, 6) is 1.14. The molecule has 2 aliphatic rings. The number of hydrogen-bond acceptors (Lipinski definition) is 1. The second kappa shape index (κ2) is 7.83. The molecule has 0 saturated carbocycles. The highest BCUT2D eigenvalue weighted by atomic mass is 19.4. The Hall–Kier alpha value is -2.59. The van der Waals surface area contributed by atoms with Crippen LogP contribution in [0.1, 0.15) is 47.6 Å². The maximum Gasteiger partial charge on any atom is 0.416 e. The van der Waals surface area contributed by atoms with Crippen LogP contribution in [-0.2, 0) is 12.6 Å². The first kappa shape index (κ1) is 20.3. The third kappa shape index (κ3) is 3.78. The number of likely N-dealkylation sites (tertiary alicyclic amines) is 1. The highest BCUT2D eigenvalue weighted by molar-refractivity contribution is 5.66. The molecule has 1 aliphatic carbocycles. The Bertz CT molecular complexity index is 1060. The third-order valence-corrected chi connectivity index (χ3v) is 7.13. The Balaban J connectivity index is 1.42. The van der Waals surface area contributed by atoms with Crippen LogP contribution < -0.4 is 0 Å². The highest BCUT2D eigenvalue weighted by Gasteiger charge is 2.44. The van der Waals surface area contributed by atoms with Gasteiger partial charge < -0.3 is 0 Å². The average molecular weight is 422 g/mol. The van der Waals surface area contributed by atoms with Crippen LogP contribution in [0.2, 0.25) is 0 Å². The minimum atomic E-state index is -4.30. The first-order valence-electron chi connectivity index (χ1n) is 11.0. The molecule has 1 saturated heterocycles. The van der Waals surface area contributed by atoms with Crippen molar-refractivity contribution in [2.24, 2.45) is 5.92 Å². The van der Waals surface area contributed by atoms with E-state index in [9.17, 15) is 13.2 Å². The van der Waals surface area contributed by atoms with Gasteiger partial charge in [-0.15, -0.1) is 0 Å². The van der Waals surface area contributed by atoms with Gasteiger partial charge in [-0.3, -0.25) is 4.90 Å². The maximum atomic E-state index is 12.9. The van der Waals surface area contributed by atoms with Crippen LogP contribution in [0.3, 0.4) is 0 Å². The number of rotatable bonds is 4. The van der Waals surface area contributed by atoms with E-state index in [2.05, 4.69) is 54.3 Å². The molecule has 0 amide bonds. The van der Waals surface area contributed by atoms with Gasteiger partial charge in [-0.05, 0) is 77.2 Å². The zero-order chi connectivity index (χ0) is 21.6. The topological polar surface area (TPSA) is 3.24 Å². The SMILES string of the molecule is C[C@H]1C2CCN(CCc3ccccc3)C1c1cc(-c3ccc(C(F)(F)F)cc3)ccc12. The normalized spacial score (nSPS) is 23.0. The van der Waals surface area contributed by atoms with E-state index < -0.39 is 11.7 Å². The van der Waals surface area contributed by atoms with E-state index in [0.717, 1.165) is 30.6 Å². The summed E-state index contributed by atoms with van der Waals surface area (Å²) in [6, 6.07) is 23.0. The maximum absolute atomic E-state index is 12.9. The predicted octanol–water partition coefficient (Wildman–Crippen LogP) is 7.10. The van der Waals surface area contributed by atoms with Gasteiger partial charge in [-0.2, -0.15) is 13.2 Å². The van der Waals surface area contributed by atoms with Crippen LogP contribution in [0.5, 0.6) is 0 Å². The van der Waals surface area contributed by atoms with Crippen molar-refractivity contribution in [1.29, 1.82) is 0 Å². The predicted molar refractivity (Wildman–Crippen MR) is 118 cm³/mol. The van der Waals surface area contributed by atoms with Crippen LogP contribution in [0.4, 0.5) is 13.2 Å². The Morgan fingerprint density at radius 2 is 1.58 bits per heavy atom. The van der Waals surface area contributed by atoms with Gasteiger partial charge >= 0.3 is 6.18 Å². The van der Waals surface area contributed by atoms with Crippen LogP contribution >= 0.6 is 0 Å². The number of hydrogen-bond donors (Lipinski definition) is 0. The van der Waals surface area contributed by atoms with Gasteiger partial charge in [-0.1, -0.05) is 61.5 Å². The second-order valence-electron chi connectivity index (χ2n) is 8.89. The van der Waals surface area contributed by atoms with Crippen LogP contribution in [0, 0.1) is 5.92 Å². The largest absolute Gasteiger partial charge is 0.416 e. The lowest BCUT2D eigenvalue weighted by atomic mass is 9.85. The summed E-state index contributed by atoms with van der Waals surface area (Å²) in [5, 5.41) is 0. The van der Waals surface area contributed by atoms with Gasteiger partial charge in [0.05, 0.1) is 5.56 Å². The van der Waals surface area contributed by atoms with Crippen LogP contribution in [-0.4, -0.2) is 18.0 Å². The summed E-state index contributed by atoms with van der Waals surface area (Å²) >= 11 is 0. The molecule has 1 nitrogen and oxygen atoms in total. The van der Waals surface area contributed by atoms with Gasteiger partial charge in [-0.25, -0.2) is 0 Å². The van der Waals surface area contributed by atoms with Crippen molar-refractivity contribution in [1.82, 2.24) is 4.90 Å². The monoisotopic (exact) mass is 421 g/mol. The summed E-state index contributed by atoms with van der Waals surface area (Å²) < 4.78 is 38.8. The van der Waals surface area contributed by atoms with Gasteiger partial charge in [0.1, 0.15) is 0 Å². The van der Waals surface area contributed by atoms with E-state index >= 15 is 0 Å². The molecule has 0 N–H and O–H groups in total. The van der Waals surface area contributed by atoms with E-state index in [0.29, 0.717) is 17.9 Å². The smallest absolute Gasteiger partial charge is 0.296 e. The van der Waals surface area contributed by atoms with Crippen molar-refractivity contribution in [2.45, 2.75) is 37.9 Å². The van der Waals surface area contributed by atoms with Crippen molar-refractivity contribution in [2.75, 3.05) is 13.1 Å². The summed E-state index contributed by atoms with van der Waals surface area (Å²) in [7, 11) is 0. The van der Waals surface area contributed by atoms with E-state index in [1.807, 2.05) is 6.07 Å². The van der Waals surface area contributed by atoms with E-state index in [1.165, 1.54) is 35.2 Å². The minimum Gasteiger partial charge on any atom is -0.296 e. The minimum absolute atomic E-state index is 0.381. The highest BCUT2D eigenvalue weighted by Crippen LogP contribution is 2.53. The molecule has 160 valence electrons. The van der Waals surface area contributed by atoms with Gasteiger partial charge in [0.25, 0.3) is 0 Å². The molecule has 0 aromatic heterocycles. The molecule has 1 aliphatic heterocycles. The summed E-state index contributed by atoms with van der Waals surface area (Å²) in [6.07, 6.45) is -2.11. The Morgan fingerprint density at radius 1 is 0.871 bits per heavy atom. The lowest BCUT2D eigenvalue weighted by Crippen LogP contribution is -2.38. The molecule has 3 aromatic carbocycles. The average Bonchev–Trinajstić information content (AvgIpc) is 2.94. The van der Waals surface area contributed by atoms with Crippen molar-refractivity contribution >= 4 is 0 Å². The van der Waals surface area contributed by atoms with Gasteiger partial charge in [0.15, 0.2) is 0 Å². The van der Waals surface area contributed by atoms with Crippen molar-refractivity contribution in [3.63, 3.8) is 0 Å². The third-order valence-electron chi connectivity index (χ3n) is 7.13. The summed E-state index contributed by atoms with van der Waals surface area (Å²) in [6.45, 7) is 4.47. The standard InChI is InChI=1S/C27H26F3N/c1-18-23-14-16-31(15-13-19-5-3-2-4-6-19)26(18)25-17-21(9-12-24(23)25)20-7-10-22(11-8-20)27(28,29)30/h2-12,17-18,23,26H,13-16H2,1H3/t18-,23?,26?/m0/s1. The van der Waals surface area contributed by atoms with E-state index in [-0.39, 0.29) is 0 Å². The molecule has 1 fully saturated rings. The molecular weight excluding hydrogens is 395 g/mol. The lowest BCUT2D eigenvalue weighted by molar-refractivity contribution is -0.137. The van der Waals surface area contributed by atoms with Crippen molar-refractivity contribution in [3.8, 4) is 11.1 Å². The first-order valence-corrected chi connectivity index (χ1v) is 11.0. The molecular formula is C27H26F3N. The van der Waals surface area contributed by atoms with Crippen LogP contribution in [0.15, 0.2) is 72.8 Å². The number of halogens is 3. The van der Waals surface area contributed by atoms with Gasteiger partial charge in [0.2, 0.25) is 0 Å². The molecule has 3 atom stereocenters. The zero-order valence-electron chi connectivity index (χ0n) is 17.6. The van der Waals surface area contributed by atoms with E-state index in [1.54, 1.807) is 12.1 Å². The number of alkyl halides is 3. The zero-order valence-corrected chi connectivity index (χ0v) is 17.6. The Morgan fingerprint density at radius 3 is 2.29 bits per heavy atom. The molecule has 4 heteroatoms. The molecule has 0 radical (unpaired) electrons. The fourth-order valence-electron chi connectivity index (χ4n) is 5.55. The second-order valence-corrected chi connectivity index (χ2v) is 8.89. The summed E-state index contributed by atoms with van der Waals surface area (Å²) in [4.78, 5) is 2.61. The summed E-state index contributed by atoms with van der Waals surface area (Å²) in [5.41, 5.74) is 5.37. The van der Waals surface area contributed by atoms with E-state index in [4.69, 9.17) is 0 Å². The fourth-order valence-corrected chi connectivity index (χ4v) is 5.55. The first-order chi connectivity index (χ1) is 14.9. The molecule has 2 bridgehead atoms. The number of benzene rings is 3.